The number of aryl methyl sites for hydroxylation is 1. The van der Waals surface area contributed by atoms with Crippen LogP contribution in [0.2, 0.25) is 0 Å². The van der Waals surface area contributed by atoms with Gasteiger partial charge in [-0.25, -0.2) is 8.42 Å². The SMILES string of the molecule is Cc1ccc(S(=O)(=O)N2CCN(CC(=O)N(C)C(C)CN)CC2)cc1.Cl.Cl. The zero-order valence-corrected chi connectivity index (χ0v) is 18.4. The van der Waals surface area contributed by atoms with Crippen LogP contribution in [0.25, 0.3) is 0 Å². The molecule has 1 atom stereocenters. The molecule has 0 saturated carbocycles. The van der Waals surface area contributed by atoms with Gasteiger partial charge in [-0.15, -0.1) is 24.8 Å². The number of hydrogen-bond donors (Lipinski definition) is 1. The molecule has 156 valence electrons. The van der Waals surface area contributed by atoms with Gasteiger partial charge in [0.25, 0.3) is 0 Å². The van der Waals surface area contributed by atoms with Gasteiger partial charge in [0.2, 0.25) is 15.9 Å². The summed E-state index contributed by atoms with van der Waals surface area (Å²) in [4.78, 5) is 16.2. The van der Waals surface area contributed by atoms with E-state index in [-0.39, 0.29) is 36.8 Å². The maximum absolute atomic E-state index is 12.7. The first-order valence-corrected chi connectivity index (χ1v) is 9.94. The third-order valence-electron chi connectivity index (χ3n) is 4.74. The Balaban J connectivity index is 0.00000338. The number of piperazine rings is 1. The van der Waals surface area contributed by atoms with E-state index in [9.17, 15) is 13.2 Å². The molecule has 0 aromatic heterocycles. The molecule has 27 heavy (non-hydrogen) atoms. The van der Waals surface area contributed by atoms with Crippen molar-refractivity contribution in [1.82, 2.24) is 14.1 Å². The van der Waals surface area contributed by atoms with Crippen LogP contribution in [0, 0.1) is 6.92 Å². The minimum atomic E-state index is -3.47. The monoisotopic (exact) mass is 440 g/mol. The van der Waals surface area contributed by atoms with Crippen molar-refractivity contribution >= 4 is 40.7 Å². The Kier molecular flexibility index (Phi) is 10.8. The minimum absolute atomic E-state index is 0. The summed E-state index contributed by atoms with van der Waals surface area (Å²) in [5.41, 5.74) is 6.62. The molecular weight excluding hydrogens is 411 g/mol. The molecule has 0 aliphatic carbocycles. The highest BCUT2D eigenvalue weighted by atomic mass is 35.5. The third kappa shape index (κ3) is 6.58. The van der Waals surface area contributed by atoms with Gasteiger partial charge in [-0.2, -0.15) is 4.31 Å². The number of amides is 1. The maximum atomic E-state index is 12.7. The Morgan fingerprint density at radius 2 is 1.67 bits per heavy atom. The topological polar surface area (TPSA) is 87.0 Å². The fourth-order valence-electron chi connectivity index (χ4n) is 2.69. The van der Waals surface area contributed by atoms with Crippen LogP contribution in [0.3, 0.4) is 0 Å². The summed E-state index contributed by atoms with van der Waals surface area (Å²) >= 11 is 0. The van der Waals surface area contributed by atoms with E-state index in [1.54, 1.807) is 36.2 Å². The smallest absolute Gasteiger partial charge is 0.243 e. The highest BCUT2D eigenvalue weighted by molar-refractivity contribution is 7.89. The summed E-state index contributed by atoms with van der Waals surface area (Å²) < 4.78 is 26.9. The van der Waals surface area contributed by atoms with Crippen molar-refractivity contribution in [2.75, 3.05) is 46.3 Å². The first-order valence-electron chi connectivity index (χ1n) is 8.50. The first kappa shape index (κ1) is 26.1. The largest absolute Gasteiger partial charge is 0.341 e. The summed E-state index contributed by atoms with van der Waals surface area (Å²) in [7, 11) is -1.72. The zero-order valence-electron chi connectivity index (χ0n) is 16.0. The van der Waals surface area contributed by atoms with E-state index < -0.39 is 10.0 Å². The van der Waals surface area contributed by atoms with Gasteiger partial charge < -0.3 is 10.6 Å². The van der Waals surface area contributed by atoms with Gasteiger partial charge in [0.05, 0.1) is 11.4 Å². The number of halogens is 2. The molecule has 1 aromatic rings. The second kappa shape index (κ2) is 11.2. The fourth-order valence-corrected chi connectivity index (χ4v) is 4.12. The molecule has 1 aliphatic heterocycles. The first-order chi connectivity index (χ1) is 11.8. The van der Waals surface area contributed by atoms with Crippen LogP contribution in [-0.4, -0.2) is 80.8 Å². The van der Waals surface area contributed by atoms with Crippen LogP contribution in [0.4, 0.5) is 0 Å². The maximum Gasteiger partial charge on any atom is 0.243 e. The lowest BCUT2D eigenvalue weighted by Crippen LogP contribution is -2.52. The number of benzene rings is 1. The Labute approximate surface area is 174 Å². The number of sulfonamides is 1. The molecule has 0 spiro atoms. The fraction of sp³-hybridized carbons (Fsp3) is 0.588. The molecule has 2 rings (SSSR count). The van der Waals surface area contributed by atoms with Crippen molar-refractivity contribution < 1.29 is 13.2 Å². The standard InChI is InChI=1S/C17H28N4O3S.2ClH/c1-14-4-6-16(7-5-14)25(23,24)21-10-8-20(9-11-21)13-17(22)19(3)15(2)12-18;;/h4-7,15H,8-13,18H2,1-3H3;2*1H. The summed E-state index contributed by atoms with van der Waals surface area (Å²) in [5, 5.41) is 0. The predicted molar refractivity (Wildman–Crippen MR) is 112 cm³/mol. The van der Waals surface area contributed by atoms with Crippen molar-refractivity contribution in [2.24, 2.45) is 5.73 Å². The highest BCUT2D eigenvalue weighted by Crippen LogP contribution is 2.18. The third-order valence-corrected chi connectivity index (χ3v) is 6.66. The van der Waals surface area contributed by atoms with Crippen molar-refractivity contribution in [3.63, 3.8) is 0 Å². The molecule has 1 unspecified atom stereocenters. The molecule has 1 amide bonds. The second-order valence-electron chi connectivity index (χ2n) is 6.58. The molecule has 7 nitrogen and oxygen atoms in total. The molecule has 10 heteroatoms. The number of nitrogens with two attached hydrogens (primary N) is 1. The van der Waals surface area contributed by atoms with Gasteiger partial charge in [-0.1, -0.05) is 17.7 Å². The van der Waals surface area contributed by atoms with E-state index in [1.807, 2.05) is 18.7 Å². The number of hydrogen-bond acceptors (Lipinski definition) is 5. The van der Waals surface area contributed by atoms with E-state index in [0.717, 1.165) is 5.56 Å². The molecular formula is C17H30Cl2N4O3S. The predicted octanol–water partition coefficient (Wildman–Crippen LogP) is 0.951. The summed E-state index contributed by atoms with van der Waals surface area (Å²) in [6.07, 6.45) is 0. The Bertz CT molecular complexity index is 693. The van der Waals surface area contributed by atoms with Crippen LogP contribution in [0.5, 0.6) is 0 Å². The van der Waals surface area contributed by atoms with Gasteiger partial charge in [-0.3, -0.25) is 9.69 Å². The van der Waals surface area contributed by atoms with Gasteiger partial charge in [-0.05, 0) is 26.0 Å². The molecule has 0 bridgehead atoms. The van der Waals surface area contributed by atoms with Gasteiger partial charge in [0.15, 0.2) is 0 Å². The molecule has 1 aliphatic rings. The van der Waals surface area contributed by atoms with Gasteiger partial charge >= 0.3 is 0 Å². The number of likely N-dealkylation sites (N-methyl/N-ethyl adjacent to an activating group) is 1. The van der Waals surface area contributed by atoms with Crippen LogP contribution in [0.15, 0.2) is 29.2 Å². The van der Waals surface area contributed by atoms with E-state index in [0.29, 0.717) is 44.2 Å². The number of carbonyl (C=O) groups excluding carboxylic acids is 1. The van der Waals surface area contributed by atoms with Crippen molar-refractivity contribution in [3.8, 4) is 0 Å². The molecule has 1 saturated heterocycles. The van der Waals surface area contributed by atoms with Crippen LogP contribution in [-0.2, 0) is 14.8 Å². The molecule has 1 fully saturated rings. The molecule has 2 N–H and O–H groups in total. The molecule has 1 heterocycles. The number of rotatable bonds is 6. The Hall–Kier alpha value is -0.900. The van der Waals surface area contributed by atoms with Crippen LogP contribution >= 0.6 is 24.8 Å². The lowest BCUT2D eigenvalue weighted by molar-refractivity contribution is -0.133. The van der Waals surface area contributed by atoms with Gasteiger partial charge in [0, 0.05) is 45.8 Å². The van der Waals surface area contributed by atoms with Crippen molar-refractivity contribution in [2.45, 2.75) is 24.8 Å². The van der Waals surface area contributed by atoms with Crippen molar-refractivity contribution in [1.29, 1.82) is 0 Å². The van der Waals surface area contributed by atoms with Crippen LogP contribution < -0.4 is 5.73 Å². The Morgan fingerprint density at radius 3 is 2.15 bits per heavy atom. The lowest BCUT2D eigenvalue weighted by Gasteiger charge is -2.35. The minimum Gasteiger partial charge on any atom is -0.341 e. The molecule has 0 radical (unpaired) electrons. The van der Waals surface area contributed by atoms with Gasteiger partial charge in [0.1, 0.15) is 0 Å². The van der Waals surface area contributed by atoms with E-state index in [2.05, 4.69) is 0 Å². The van der Waals surface area contributed by atoms with Crippen LogP contribution in [0.1, 0.15) is 12.5 Å². The number of carbonyl (C=O) groups is 1. The van der Waals surface area contributed by atoms with E-state index >= 15 is 0 Å². The summed E-state index contributed by atoms with van der Waals surface area (Å²) in [6.45, 7) is 6.41. The van der Waals surface area contributed by atoms with E-state index in [4.69, 9.17) is 5.73 Å². The van der Waals surface area contributed by atoms with Crippen molar-refractivity contribution in [3.05, 3.63) is 29.8 Å². The molecule has 1 aromatic carbocycles. The second-order valence-corrected chi connectivity index (χ2v) is 8.52. The summed E-state index contributed by atoms with van der Waals surface area (Å²) in [6, 6.07) is 6.88. The average Bonchev–Trinajstić information content (AvgIpc) is 2.61. The van der Waals surface area contributed by atoms with E-state index in [1.165, 1.54) is 4.31 Å². The lowest BCUT2D eigenvalue weighted by atomic mass is 10.2. The number of nitrogens with zero attached hydrogens (tertiary/aromatic N) is 3. The highest BCUT2D eigenvalue weighted by Gasteiger charge is 2.29. The zero-order chi connectivity index (χ0) is 18.6. The summed E-state index contributed by atoms with van der Waals surface area (Å²) in [5.74, 6) is 0.00721. The Morgan fingerprint density at radius 1 is 1.15 bits per heavy atom. The average molecular weight is 441 g/mol. The quantitative estimate of drug-likeness (QED) is 0.711. The normalized spacial score (nSPS) is 16.7.